The summed E-state index contributed by atoms with van der Waals surface area (Å²) in [5.74, 6) is 0.503. The molecular formula is C18H30O4. The van der Waals surface area contributed by atoms with Crippen LogP contribution in [-0.2, 0) is 14.3 Å². The van der Waals surface area contributed by atoms with Gasteiger partial charge in [-0.2, -0.15) is 0 Å². The van der Waals surface area contributed by atoms with E-state index in [4.69, 9.17) is 9.84 Å². The van der Waals surface area contributed by atoms with Gasteiger partial charge in [0, 0.05) is 12.2 Å². The van der Waals surface area contributed by atoms with Crippen LogP contribution in [0, 0.1) is 23.7 Å². The Labute approximate surface area is 133 Å². The molecule has 1 saturated carbocycles. The molecule has 4 nitrogen and oxygen atoms in total. The zero-order valence-electron chi connectivity index (χ0n) is 14.2. The predicted octanol–water partition coefficient (Wildman–Crippen LogP) is 4.05. The van der Waals surface area contributed by atoms with Crippen molar-refractivity contribution in [3.63, 3.8) is 0 Å². The number of carboxylic acids is 1. The SMILES string of the molecule is CCC(C)C1CCC(C(OC(=O)/C=C/C(=O)O)C(C)C)CC1. The van der Waals surface area contributed by atoms with Gasteiger partial charge in [-0.1, -0.05) is 34.1 Å². The molecule has 0 aromatic rings. The van der Waals surface area contributed by atoms with E-state index in [2.05, 4.69) is 27.7 Å². The summed E-state index contributed by atoms with van der Waals surface area (Å²) in [6, 6.07) is 0. The highest BCUT2D eigenvalue weighted by Gasteiger charge is 2.32. The average molecular weight is 310 g/mol. The first-order valence-electron chi connectivity index (χ1n) is 8.46. The van der Waals surface area contributed by atoms with E-state index >= 15 is 0 Å². The summed E-state index contributed by atoms with van der Waals surface area (Å²) < 4.78 is 5.53. The Morgan fingerprint density at radius 1 is 1.09 bits per heavy atom. The molecule has 0 saturated heterocycles. The van der Waals surface area contributed by atoms with Gasteiger partial charge >= 0.3 is 11.9 Å². The van der Waals surface area contributed by atoms with Gasteiger partial charge in [0.1, 0.15) is 6.10 Å². The van der Waals surface area contributed by atoms with Crippen LogP contribution in [0.25, 0.3) is 0 Å². The van der Waals surface area contributed by atoms with Crippen molar-refractivity contribution in [2.75, 3.05) is 0 Å². The van der Waals surface area contributed by atoms with E-state index in [1.165, 1.54) is 19.3 Å². The van der Waals surface area contributed by atoms with Crippen molar-refractivity contribution in [2.24, 2.45) is 23.7 Å². The third kappa shape index (κ3) is 5.82. The lowest BCUT2D eigenvalue weighted by molar-refractivity contribution is -0.150. The Bertz CT molecular complexity index is 392. The minimum absolute atomic E-state index is 0.121. The quantitative estimate of drug-likeness (QED) is 0.569. The summed E-state index contributed by atoms with van der Waals surface area (Å²) in [6.07, 6.45) is 7.52. The van der Waals surface area contributed by atoms with Crippen LogP contribution < -0.4 is 0 Å². The fourth-order valence-corrected chi connectivity index (χ4v) is 3.47. The second kappa shape index (κ2) is 8.96. The van der Waals surface area contributed by atoms with Crippen LogP contribution in [0.4, 0.5) is 0 Å². The van der Waals surface area contributed by atoms with Gasteiger partial charge in [0.2, 0.25) is 0 Å². The Kier molecular flexibility index (Phi) is 7.63. The monoisotopic (exact) mass is 310 g/mol. The smallest absolute Gasteiger partial charge is 0.331 e. The van der Waals surface area contributed by atoms with Crippen LogP contribution in [-0.4, -0.2) is 23.1 Å². The zero-order valence-corrected chi connectivity index (χ0v) is 14.2. The third-order valence-corrected chi connectivity index (χ3v) is 5.00. The van der Waals surface area contributed by atoms with Gasteiger partial charge in [-0.05, 0) is 49.4 Å². The standard InChI is InChI=1S/C18H30O4/c1-5-13(4)14-6-8-15(9-7-14)18(12(2)3)22-17(21)11-10-16(19)20/h10-15,18H,5-9H2,1-4H3,(H,19,20)/b11-10+. The van der Waals surface area contributed by atoms with E-state index in [0.717, 1.165) is 36.8 Å². The summed E-state index contributed by atoms with van der Waals surface area (Å²) in [5, 5.41) is 8.56. The van der Waals surface area contributed by atoms with Crippen LogP contribution in [0.2, 0.25) is 0 Å². The van der Waals surface area contributed by atoms with Crippen LogP contribution in [0.1, 0.15) is 59.8 Å². The lowest BCUT2D eigenvalue weighted by atomic mass is 9.72. The predicted molar refractivity (Wildman–Crippen MR) is 86.4 cm³/mol. The highest BCUT2D eigenvalue weighted by Crippen LogP contribution is 2.38. The minimum Gasteiger partial charge on any atom is -0.478 e. The number of carbonyl (C=O) groups excluding carboxylic acids is 1. The summed E-state index contributed by atoms with van der Waals surface area (Å²) in [5.41, 5.74) is 0. The normalized spacial score (nSPS) is 25.1. The third-order valence-electron chi connectivity index (χ3n) is 5.00. The molecule has 1 rings (SSSR count). The molecule has 0 amide bonds. The number of rotatable bonds is 7. The number of ether oxygens (including phenoxy) is 1. The first kappa shape index (κ1) is 18.7. The van der Waals surface area contributed by atoms with E-state index in [1.807, 2.05) is 0 Å². The molecule has 2 unspecified atom stereocenters. The van der Waals surface area contributed by atoms with E-state index in [-0.39, 0.29) is 12.0 Å². The van der Waals surface area contributed by atoms with Gasteiger partial charge < -0.3 is 9.84 Å². The molecule has 0 aliphatic heterocycles. The molecule has 22 heavy (non-hydrogen) atoms. The molecule has 1 fully saturated rings. The van der Waals surface area contributed by atoms with Crippen LogP contribution in [0.15, 0.2) is 12.2 Å². The maximum atomic E-state index is 11.8. The number of aliphatic carboxylic acids is 1. The van der Waals surface area contributed by atoms with Crippen LogP contribution in [0.5, 0.6) is 0 Å². The molecule has 0 heterocycles. The van der Waals surface area contributed by atoms with Crippen molar-refractivity contribution in [3.05, 3.63) is 12.2 Å². The first-order chi connectivity index (χ1) is 10.3. The summed E-state index contributed by atoms with van der Waals surface area (Å²) in [6.45, 7) is 8.67. The molecule has 126 valence electrons. The summed E-state index contributed by atoms with van der Waals surface area (Å²) in [7, 11) is 0. The van der Waals surface area contributed by atoms with Gasteiger partial charge in [0.25, 0.3) is 0 Å². The zero-order chi connectivity index (χ0) is 16.7. The molecule has 4 heteroatoms. The first-order valence-corrected chi connectivity index (χ1v) is 8.46. The average Bonchev–Trinajstić information content (AvgIpc) is 2.49. The Hall–Kier alpha value is -1.32. The lowest BCUT2D eigenvalue weighted by Crippen LogP contribution is -2.34. The number of carbonyl (C=O) groups is 2. The lowest BCUT2D eigenvalue weighted by Gasteiger charge is -2.37. The minimum atomic E-state index is -1.13. The van der Waals surface area contributed by atoms with Crippen molar-refractivity contribution >= 4 is 11.9 Å². The van der Waals surface area contributed by atoms with Crippen molar-refractivity contribution in [3.8, 4) is 0 Å². The van der Waals surface area contributed by atoms with Gasteiger partial charge in [-0.15, -0.1) is 0 Å². The van der Waals surface area contributed by atoms with Crippen molar-refractivity contribution in [1.29, 1.82) is 0 Å². The van der Waals surface area contributed by atoms with Gasteiger partial charge in [0.15, 0.2) is 0 Å². The number of hydrogen-bond acceptors (Lipinski definition) is 3. The summed E-state index contributed by atoms with van der Waals surface area (Å²) >= 11 is 0. The van der Waals surface area contributed by atoms with Gasteiger partial charge in [0.05, 0.1) is 0 Å². The van der Waals surface area contributed by atoms with E-state index in [0.29, 0.717) is 5.92 Å². The van der Waals surface area contributed by atoms with Gasteiger partial charge in [-0.3, -0.25) is 0 Å². The highest BCUT2D eigenvalue weighted by atomic mass is 16.5. The molecule has 0 bridgehead atoms. The molecule has 1 aliphatic carbocycles. The van der Waals surface area contributed by atoms with Crippen molar-refractivity contribution in [1.82, 2.24) is 0 Å². The molecule has 0 aromatic heterocycles. The Balaban J connectivity index is 2.58. The van der Waals surface area contributed by atoms with E-state index in [9.17, 15) is 9.59 Å². The molecule has 0 spiro atoms. The van der Waals surface area contributed by atoms with E-state index < -0.39 is 11.9 Å². The van der Waals surface area contributed by atoms with Crippen molar-refractivity contribution < 1.29 is 19.4 Å². The number of esters is 1. The van der Waals surface area contributed by atoms with Crippen LogP contribution in [0.3, 0.4) is 0 Å². The van der Waals surface area contributed by atoms with E-state index in [1.54, 1.807) is 0 Å². The fourth-order valence-electron chi connectivity index (χ4n) is 3.47. The second-order valence-corrected chi connectivity index (χ2v) is 6.88. The molecule has 1 N–H and O–H groups in total. The Morgan fingerprint density at radius 2 is 1.64 bits per heavy atom. The Morgan fingerprint density at radius 3 is 2.09 bits per heavy atom. The number of hydrogen-bond donors (Lipinski definition) is 1. The maximum absolute atomic E-state index is 11.8. The topological polar surface area (TPSA) is 63.6 Å². The van der Waals surface area contributed by atoms with Crippen LogP contribution >= 0.6 is 0 Å². The summed E-state index contributed by atoms with van der Waals surface area (Å²) in [4.78, 5) is 22.2. The molecule has 2 atom stereocenters. The van der Waals surface area contributed by atoms with Gasteiger partial charge in [-0.25, -0.2) is 9.59 Å². The highest BCUT2D eigenvalue weighted by molar-refractivity contribution is 5.90. The molecule has 0 aromatic carbocycles. The second-order valence-electron chi connectivity index (χ2n) is 6.88. The van der Waals surface area contributed by atoms with Crippen molar-refractivity contribution in [2.45, 2.75) is 65.9 Å². The maximum Gasteiger partial charge on any atom is 0.331 e. The number of carboxylic acid groups (broad SMARTS) is 1. The largest absolute Gasteiger partial charge is 0.478 e. The molecule has 1 aliphatic rings. The molecule has 0 radical (unpaired) electrons. The fraction of sp³-hybridized carbons (Fsp3) is 0.778. The molecular weight excluding hydrogens is 280 g/mol.